The van der Waals surface area contributed by atoms with E-state index in [1.165, 1.54) is 19.3 Å². The van der Waals surface area contributed by atoms with Gasteiger partial charge in [0.1, 0.15) is 0 Å². The molecule has 1 fully saturated rings. The maximum Gasteiger partial charge on any atom is 0.189 e. The molecule has 2 heterocycles. The molecule has 0 saturated heterocycles. The van der Waals surface area contributed by atoms with Crippen LogP contribution in [0.3, 0.4) is 0 Å². The minimum Gasteiger partial charge on any atom is -0.442 e. The van der Waals surface area contributed by atoms with E-state index >= 15 is 0 Å². The summed E-state index contributed by atoms with van der Waals surface area (Å²) < 4.78 is 0. The number of carbonyl (C=O) groups excluding carboxylic acids is 1. The van der Waals surface area contributed by atoms with E-state index in [1.54, 1.807) is 25.3 Å². The first kappa shape index (κ1) is 17.9. The van der Waals surface area contributed by atoms with Crippen molar-refractivity contribution in [1.82, 2.24) is 9.97 Å². The summed E-state index contributed by atoms with van der Waals surface area (Å²) in [6.07, 6.45) is 11.1. The standard InChI is InChI=1S/C18H20N2O2.Ta/c1-12-14-8-5-11-19-17(14)20-18(22)16(12)15(21)10-9-13-6-3-2-4-7-13;/h5,8-11,13H,2-4,6-7H2,1H3,(H,19,20,21,22);/p-1/b10-9+;. The van der Waals surface area contributed by atoms with Gasteiger partial charge in [-0.25, -0.2) is 0 Å². The molecule has 4 nitrogen and oxygen atoms in total. The fraction of sp³-hybridized carbons (Fsp3) is 0.389. The largest absolute Gasteiger partial charge is 0.442 e. The van der Waals surface area contributed by atoms with Crippen molar-refractivity contribution in [3.05, 3.63) is 52.0 Å². The summed E-state index contributed by atoms with van der Waals surface area (Å²) in [6.45, 7) is 1.79. The Balaban J connectivity index is 0.00000192. The van der Waals surface area contributed by atoms with E-state index < -0.39 is 5.56 Å². The maximum absolute atomic E-state index is 12.4. The second-order valence-electron chi connectivity index (χ2n) is 5.91. The molecule has 5 heteroatoms. The Hall–Kier alpha value is -1.49. The Kier molecular flexibility index (Phi) is 6.11. The van der Waals surface area contributed by atoms with Gasteiger partial charge >= 0.3 is 0 Å². The zero-order chi connectivity index (χ0) is 15.5. The van der Waals surface area contributed by atoms with Crippen LogP contribution in [-0.2, 0) is 22.4 Å². The number of allylic oxidation sites excluding steroid dienone is 2. The van der Waals surface area contributed by atoms with Crippen LogP contribution in [0.25, 0.3) is 11.0 Å². The number of hydrogen-bond donors (Lipinski definition) is 0. The van der Waals surface area contributed by atoms with Crippen molar-refractivity contribution in [1.29, 1.82) is 0 Å². The molecular weight excluding hydrogens is 457 g/mol. The third-order valence-corrected chi connectivity index (χ3v) is 4.40. The molecule has 0 amide bonds. The summed E-state index contributed by atoms with van der Waals surface area (Å²) in [5.41, 5.74) is 0.758. The third kappa shape index (κ3) is 3.89. The summed E-state index contributed by atoms with van der Waals surface area (Å²) in [4.78, 5) is 32.6. The second kappa shape index (κ2) is 7.86. The maximum atomic E-state index is 12.4. The smallest absolute Gasteiger partial charge is 0.189 e. The van der Waals surface area contributed by atoms with Crippen LogP contribution >= 0.6 is 0 Å². The molecule has 119 valence electrons. The number of pyridine rings is 2. The number of hydrogen-bond acceptors (Lipinski definition) is 3. The van der Waals surface area contributed by atoms with E-state index in [2.05, 4.69) is 9.97 Å². The Morgan fingerprint density at radius 2 is 2.04 bits per heavy atom. The normalized spacial score (nSPS) is 15.7. The Labute approximate surface area is 150 Å². The average molecular weight is 476 g/mol. The van der Waals surface area contributed by atoms with Crippen LogP contribution in [0.2, 0.25) is 0 Å². The van der Waals surface area contributed by atoms with Gasteiger partial charge in [0.15, 0.2) is 11.3 Å². The zero-order valence-electron chi connectivity index (χ0n) is 13.2. The van der Waals surface area contributed by atoms with Crippen LogP contribution in [0.5, 0.6) is 0 Å². The molecule has 1 radical (unpaired) electrons. The molecule has 1 saturated carbocycles. The van der Waals surface area contributed by atoms with Crippen molar-refractivity contribution in [2.24, 2.45) is 5.92 Å². The SMILES string of the molecule is Cc1c(C(=O)/C=C/C2CCCCC2)c(=O)[n-]c2ncccc12.[Ta]. The van der Waals surface area contributed by atoms with Crippen LogP contribution in [-0.4, -0.2) is 10.8 Å². The van der Waals surface area contributed by atoms with Crippen molar-refractivity contribution in [3.63, 3.8) is 0 Å². The zero-order valence-corrected chi connectivity index (χ0v) is 16.4. The Bertz CT molecular complexity index is 789. The predicted molar refractivity (Wildman–Crippen MR) is 86.1 cm³/mol. The first-order chi connectivity index (χ1) is 10.7. The minimum atomic E-state index is -0.484. The molecule has 0 aromatic carbocycles. The molecule has 2 aromatic rings. The summed E-state index contributed by atoms with van der Waals surface area (Å²) in [7, 11) is 0. The quantitative estimate of drug-likeness (QED) is 0.505. The number of rotatable bonds is 3. The van der Waals surface area contributed by atoms with Crippen molar-refractivity contribution in [2.75, 3.05) is 0 Å². The Morgan fingerprint density at radius 3 is 2.78 bits per heavy atom. The van der Waals surface area contributed by atoms with Crippen molar-refractivity contribution in [3.8, 4) is 0 Å². The van der Waals surface area contributed by atoms with E-state index in [4.69, 9.17) is 0 Å². The minimum absolute atomic E-state index is 0. The molecule has 0 N–H and O–H groups in total. The summed E-state index contributed by atoms with van der Waals surface area (Å²) in [5, 5.41) is 0.761. The summed E-state index contributed by atoms with van der Waals surface area (Å²) >= 11 is 0. The fourth-order valence-electron chi connectivity index (χ4n) is 3.15. The van der Waals surface area contributed by atoms with Crippen LogP contribution in [0.1, 0.15) is 48.0 Å². The van der Waals surface area contributed by atoms with Gasteiger partial charge in [-0.3, -0.25) is 9.59 Å². The van der Waals surface area contributed by atoms with Crippen LogP contribution in [0.4, 0.5) is 0 Å². The molecule has 0 atom stereocenters. The summed E-state index contributed by atoms with van der Waals surface area (Å²) in [5.74, 6) is 0.217. The van der Waals surface area contributed by atoms with E-state index in [1.807, 2.05) is 12.1 Å². The Morgan fingerprint density at radius 1 is 1.30 bits per heavy atom. The molecule has 0 bridgehead atoms. The third-order valence-electron chi connectivity index (χ3n) is 4.40. The van der Waals surface area contributed by atoms with Gasteiger partial charge in [0, 0.05) is 22.4 Å². The second-order valence-corrected chi connectivity index (χ2v) is 5.91. The average Bonchev–Trinajstić information content (AvgIpc) is 2.54. The molecule has 2 aromatic heterocycles. The molecule has 1 aliphatic rings. The molecule has 0 aliphatic heterocycles. The van der Waals surface area contributed by atoms with Gasteiger partial charge in [-0.2, -0.15) is 0 Å². The van der Waals surface area contributed by atoms with Crippen LogP contribution in [0, 0.1) is 12.8 Å². The first-order valence-corrected chi connectivity index (χ1v) is 7.81. The number of aromatic nitrogens is 2. The predicted octanol–water partition coefficient (Wildman–Crippen LogP) is 3.18. The van der Waals surface area contributed by atoms with Gasteiger partial charge in [-0.05, 0) is 48.4 Å². The molecule has 0 unspecified atom stereocenters. The van der Waals surface area contributed by atoms with E-state index in [9.17, 15) is 9.59 Å². The molecule has 23 heavy (non-hydrogen) atoms. The number of carbonyl (C=O) groups is 1. The van der Waals surface area contributed by atoms with Crippen molar-refractivity contribution < 1.29 is 27.2 Å². The van der Waals surface area contributed by atoms with Crippen molar-refractivity contribution in [2.45, 2.75) is 39.0 Å². The molecule has 1 aliphatic carbocycles. The molecule has 0 spiro atoms. The van der Waals surface area contributed by atoms with E-state index in [-0.39, 0.29) is 33.7 Å². The van der Waals surface area contributed by atoms with Crippen LogP contribution < -0.4 is 10.5 Å². The molecular formula is C18H19N2O2Ta-. The number of aryl methyl sites for hydroxylation is 1. The van der Waals surface area contributed by atoms with Gasteiger partial charge in [-0.15, -0.1) is 0 Å². The number of ketones is 1. The number of nitrogens with zero attached hydrogens (tertiary/aromatic N) is 2. The van der Waals surface area contributed by atoms with E-state index in [0.717, 1.165) is 18.2 Å². The first-order valence-electron chi connectivity index (χ1n) is 7.81. The van der Waals surface area contributed by atoms with Crippen molar-refractivity contribution >= 4 is 16.8 Å². The van der Waals surface area contributed by atoms with Crippen LogP contribution in [0.15, 0.2) is 35.3 Å². The van der Waals surface area contributed by atoms with Gasteiger partial charge in [0.25, 0.3) is 0 Å². The van der Waals surface area contributed by atoms with Gasteiger partial charge < -0.3 is 9.97 Å². The van der Waals surface area contributed by atoms with E-state index in [0.29, 0.717) is 17.1 Å². The monoisotopic (exact) mass is 476 g/mol. The number of fused-ring (bicyclic) bond motifs is 1. The molecule has 3 rings (SSSR count). The topological polar surface area (TPSA) is 61.1 Å². The van der Waals surface area contributed by atoms with Gasteiger partial charge in [-0.1, -0.05) is 43.7 Å². The van der Waals surface area contributed by atoms with Gasteiger partial charge in [0.2, 0.25) is 0 Å². The fourth-order valence-corrected chi connectivity index (χ4v) is 3.15. The summed E-state index contributed by atoms with van der Waals surface area (Å²) in [6, 6.07) is 3.62. The van der Waals surface area contributed by atoms with Gasteiger partial charge in [0.05, 0.1) is 5.56 Å².